The minimum Gasteiger partial charge on any atom is -0.351 e. The predicted molar refractivity (Wildman–Crippen MR) is 94.5 cm³/mol. The van der Waals surface area contributed by atoms with Crippen LogP contribution in [0.4, 0.5) is 5.95 Å². The molecule has 1 aliphatic heterocycles. The summed E-state index contributed by atoms with van der Waals surface area (Å²) in [6, 6.07) is 2.71. The van der Waals surface area contributed by atoms with E-state index in [0.717, 1.165) is 28.7 Å². The largest absolute Gasteiger partial charge is 0.351 e. The van der Waals surface area contributed by atoms with Gasteiger partial charge in [0.05, 0.1) is 16.0 Å². The normalized spacial score (nSPS) is 19.8. The highest BCUT2D eigenvalue weighted by atomic mass is 79.9. The summed E-state index contributed by atoms with van der Waals surface area (Å²) in [6.45, 7) is 1.92. The third-order valence-electron chi connectivity index (χ3n) is 4.04. The average molecular weight is 372 g/mol. The maximum Gasteiger partial charge on any atom is 0.223 e. The molecule has 1 aromatic heterocycles. The second kappa shape index (κ2) is 6.97. The van der Waals surface area contributed by atoms with Gasteiger partial charge < -0.3 is 10.6 Å². The van der Waals surface area contributed by atoms with Gasteiger partial charge in [0.1, 0.15) is 11.6 Å². The lowest BCUT2D eigenvalue weighted by Gasteiger charge is -2.15. The van der Waals surface area contributed by atoms with Crippen LogP contribution in [0.3, 0.4) is 0 Å². The van der Waals surface area contributed by atoms with Crippen molar-refractivity contribution in [2.75, 3.05) is 5.32 Å². The molecule has 2 aliphatic rings. The van der Waals surface area contributed by atoms with Gasteiger partial charge in [-0.25, -0.2) is 9.97 Å². The van der Waals surface area contributed by atoms with Gasteiger partial charge in [-0.3, -0.25) is 0 Å². The molecule has 1 saturated carbocycles. The van der Waals surface area contributed by atoms with Crippen LogP contribution >= 0.6 is 15.9 Å². The minimum absolute atomic E-state index is 0.438. The Kier molecular flexibility index (Phi) is 4.77. The summed E-state index contributed by atoms with van der Waals surface area (Å²) in [4.78, 5) is 8.96. The molecule has 0 bridgehead atoms. The molecule has 0 amide bonds. The van der Waals surface area contributed by atoms with E-state index in [-0.39, 0.29) is 0 Å². The first-order chi connectivity index (χ1) is 11.2. The number of nitrogens with one attached hydrogen (secondary N) is 2. The maximum absolute atomic E-state index is 9.62. The van der Waals surface area contributed by atoms with Crippen LogP contribution in [0.25, 0.3) is 5.57 Å². The van der Waals surface area contributed by atoms with E-state index < -0.39 is 0 Å². The van der Waals surface area contributed by atoms with Crippen molar-refractivity contribution in [3.8, 4) is 6.07 Å². The number of nitrogens with zero attached hydrogens (tertiary/aromatic N) is 3. The lowest BCUT2D eigenvalue weighted by Crippen LogP contribution is -2.18. The lowest BCUT2D eigenvalue weighted by atomic mass is 10.1. The molecule has 0 unspecified atom stereocenters. The van der Waals surface area contributed by atoms with Crippen molar-refractivity contribution in [1.29, 1.82) is 5.26 Å². The van der Waals surface area contributed by atoms with Crippen LogP contribution in [0, 0.1) is 18.3 Å². The first-order valence-corrected chi connectivity index (χ1v) is 8.52. The van der Waals surface area contributed by atoms with Gasteiger partial charge in [0.25, 0.3) is 0 Å². The van der Waals surface area contributed by atoms with Crippen molar-refractivity contribution in [2.24, 2.45) is 0 Å². The molecule has 0 atom stereocenters. The van der Waals surface area contributed by atoms with Crippen LogP contribution < -0.4 is 10.6 Å². The highest BCUT2D eigenvalue weighted by molar-refractivity contribution is 9.11. The standard InChI is InChI=1S/C17H18BrN5/c1-11-10-20-17(21-12-5-2-3-6-12)23-16(11)13(9-19)14-7-4-8-15(18)22-14/h4,7-8,10,12,22H,2-3,5-6H2,1H3,(H,20,21,23)/b14-13+. The SMILES string of the molecule is Cc1cnc(NC2CCCC2)nc1/C(C#N)=C1\C=CC=C(Br)N1. The van der Waals surface area contributed by atoms with E-state index in [0.29, 0.717) is 23.3 Å². The van der Waals surface area contributed by atoms with Crippen LogP contribution in [-0.4, -0.2) is 16.0 Å². The van der Waals surface area contributed by atoms with Gasteiger partial charge in [0.15, 0.2) is 0 Å². The van der Waals surface area contributed by atoms with Crippen LogP contribution in [0.2, 0.25) is 0 Å². The summed E-state index contributed by atoms with van der Waals surface area (Å²) in [5.74, 6) is 0.597. The lowest BCUT2D eigenvalue weighted by molar-refractivity contribution is 0.743. The van der Waals surface area contributed by atoms with Crippen LogP contribution in [0.1, 0.15) is 36.9 Å². The molecule has 2 N–H and O–H groups in total. The quantitative estimate of drug-likeness (QED) is 0.624. The molecule has 23 heavy (non-hydrogen) atoms. The van der Waals surface area contributed by atoms with Crippen molar-refractivity contribution in [2.45, 2.75) is 38.6 Å². The van der Waals surface area contributed by atoms with Crippen LogP contribution in [-0.2, 0) is 0 Å². The molecular weight excluding hydrogens is 354 g/mol. The number of hydrogen-bond acceptors (Lipinski definition) is 5. The smallest absolute Gasteiger partial charge is 0.223 e. The van der Waals surface area contributed by atoms with Gasteiger partial charge in [0.2, 0.25) is 5.95 Å². The summed E-state index contributed by atoms with van der Waals surface area (Å²) in [6.07, 6.45) is 12.2. The molecule has 1 aliphatic carbocycles. The van der Waals surface area contributed by atoms with E-state index in [1.165, 1.54) is 12.8 Å². The first kappa shape index (κ1) is 15.8. The average Bonchev–Trinajstić information content (AvgIpc) is 3.04. The molecule has 118 valence electrons. The summed E-state index contributed by atoms with van der Waals surface area (Å²) in [5.41, 5.74) is 2.79. The number of aromatic nitrogens is 2. The highest BCUT2D eigenvalue weighted by Gasteiger charge is 2.18. The summed E-state index contributed by atoms with van der Waals surface area (Å²) < 4.78 is 0.818. The van der Waals surface area contributed by atoms with Crippen molar-refractivity contribution >= 4 is 27.5 Å². The van der Waals surface area contributed by atoms with Gasteiger partial charge in [0, 0.05) is 12.2 Å². The molecular formula is C17H18BrN5. The predicted octanol–water partition coefficient (Wildman–Crippen LogP) is 3.77. The van der Waals surface area contributed by atoms with Gasteiger partial charge >= 0.3 is 0 Å². The first-order valence-electron chi connectivity index (χ1n) is 7.73. The highest BCUT2D eigenvalue weighted by Crippen LogP contribution is 2.25. The maximum atomic E-state index is 9.62. The Bertz CT molecular complexity index is 736. The number of dihydropyridines is 1. The number of halogens is 1. The Hall–Kier alpha value is -2.13. The molecule has 6 heteroatoms. The molecule has 0 saturated heterocycles. The number of allylic oxidation sites excluding steroid dienone is 4. The fraction of sp³-hybridized carbons (Fsp3) is 0.353. The van der Waals surface area contributed by atoms with E-state index in [1.807, 2.05) is 25.2 Å². The second-order valence-electron chi connectivity index (χ2n) is 5.75. The van der Waals surface area contributed by atoms with Gasteiger partial charge in [-0.2, -0.15) is 5.26 Å². The number of hydrogen-bond donors (Lipinski definition) is 2. The third-order valence-corrected chi connectivity index (χ3v) is 4.50. The molecule has 0 spiro atoms. The van der Waals surface area contributed by atoms with E-state index in [2.05, 4.69) is 42.6 Å². The zero-order valence-corrected chi connectivity index (χ0v) is 14.5. The zero-order valence-electron chi connectivity index (χ0n) is 12.9. The molecule has 2 heterocycles. The molecule has 1 fully saturated rings. The molecule has 1 aromatic rings. The Balaban J connectivity index is 1.94. The number of anilines is 1. The summed E-state index contributed by atoms with van der Waals surface area (Å²) >= 11 is 3.40. The Morgan fingerprint density at radius 1 is 1.43 bits per heavy atom. The molecule has 3 rings (SSSR count). The van der Waals surface area contributed by atoms with Crippen LogP contribution in [0.15, 0.2) is 34.7 Å². The number of rotatable bonds is 3. The summed E-state index contributed by atoms with van der Waals surface area (Å²) in [7, 11) is 0. The van der Waals surface area contributed by atoms with E-state index >= 15 is 0 Å². The van der Waals surface area contributed by atoms with E-state index in [9.17, 15) is 5.26 Å². The van der Waals surface area contributed by atoms with Crippen LogP contribution in [0.5, 0.6) is 0 Å². The van der Waals surface area contributed by atoms with E-state index in [4.69, 9.17) is 0 Å². The fourth-order valence-corrected chi connectivity index (χ4v) is 3.21. The molecule has 5 nitrogen and oxygen atoms in total. The van der Waals surface area contributed by atoms with Gasteiger partial charge in [-0.05, 0) is 53.4 Å². The van der Waals surface area contributed by atoms with Crippen molar-refractivity contribution in [1.82, 2.24) is 15.3 Å². The van der Waals surface area contributed by atoms with Crippen molar-refractivity contribution in [3.63, 3.8) is 0 Å². The zero-order chi connectivity index (χ0) is 16.2. The monoisotopic (exact) mass is 371 g/mol. The Labute approximate surface area is 144 Å². The van der Waals surface area contributed by atoms with Gasteiger partial charge in [-0.15, -0.1) is 0 Å². The van der Waals surface area contributed by atoms with Crippen molar-refractivity contribution in [3.05, 3.63) is 46.0 Å². The number of aryl methyl sites for hydroxylation is 1. The fourth-order valence-electron chi connectivity index (χ4n) is 2.84. The van der Waals surface area contributed by atoms with Crippen molar-refractivity contribution < 1.29 is 0 Å². The summed E-state index contributed by atoms with van der Waals surface area (Å²) in [5, 5.41) is 16.2. The second-order valence-corrected chi connectivity index (χ2v) is 6.60. The number of nitriles is 1. The minimum atomic E-state index is 0.438. The van der Waals surface area contributed by atoms with Gasteiger partial charge in [-0.1, -0.05) is 18.9 Å². The Morgan fingerprint density at radius 3 is 2.91 bits per heavy atom. The molecule has 0 radical (unpaired) electrons. The Morgan fingerprint density at radius 2 is 2.22 bits per heavy atom. The third kappa shape index (κ3) is 3.62. The molecule has 0 aromatic carbocycles. The van der Waals surface area contributed by atoms with E-state index in [1.54, 1.807) is 6.20 Å². The topological polar surface area (TPSA) is 73.6 Å².